The maximum Gasteiger partial charge on any atom is 0.405 e. The number of alkyl halides is 3. The minimum Gasteiger partial charge on any atom is -0.481 e. The molecular weight excluding hydrogens is 355 g/mol. The highest BCUT2D eigenvalue weighted by molar-refractivity contribution is 5.95. The summed E-state index contributed by atoms with van der Waals surface area (Å²) < 4.78 is 36.2. The number of aliphatic carboxylic acids is 1. The summed E-state index contributed by atoms with van der Waals surface area (Å²) in [5, 5.41) is 15.5. The molecule has 0 saturated heterocycles. The Morgan fingerprint density at radius 3 is 2.15 bits per heavy atom. The Hall–Kier alpha value is -2.78. The van der Waals surface area contributed by atoms with Gasteiger partial charge < -0.3 is 21.1 Å². The van der Waals surface area contributed by atoms with Gasteiger partial charge in [0.15, 0.2) is 0 Å². The number of carbonyl (C=O) groups is 3. The zero-order valence-corrected chi connectivity index (χ0v) is 14.2. The number of halogens is 3. The highest BCUT2D eigenvalue weighted by atomic mass is 19.4. The van der Waals surface area contributed by atoms with Gasteiger partial charge in [-0.2, -0.15) is 13.2 Å². The van der Waals surface area contributed by atoms with E-state index in [0.717, 1.165) is 0 Å². The number of carbonyl (C=O) groups excluding carboxylic acids is 2. The summed E-state index contributed by atoms with van der Waals surface area (Å²) in [5.74, 6) is -1.85. The fraction of sp³-hybridized carbons (Fsp3) is 0.438. The second kappa shape index (κ2) is 8.54. The quantitative estimate of drug-likeness (QED) is 0.588. The predicted octanol–water partition coefficient (Wildman–Crippen LogP) is 2.74. The molecule has 0 saturated carbocycles. The monoisotopic (exact) mass is 375 g/mol. The number of urea groups is 1. The highest BCUT2D eigenvalue weighted by Gasteiger charge is 2.28. The number of benzene rings is 1. The molecule has 0 aliphatic rings. The van der Waals surface area contributed by atoms with E-state index in [2.05, 4.69) is 10.6 Å². The Labute approximate surface area is 148 Å². The number of amides is 3. The molecule has 0 heterocycles. The van der Waals surface area contributed by atoms with Crippen LogP contribution in [0.25, 0.3) is 0 Å². The van der Waals surface area contributed by atoms with E-state index in [0.29, 0.717) is 5.69 Å². The topological polar surface area (TPSA) is 108 Å². The molecule has 0 atom stereocenters. The van der Waals surface area contributed by atoms with Gasteiger partial charge in [0.05, 0.1) is 0 Å². The van der Waals surface area contributed by atoms with E-state index in [1.807, 2.05) is 0 Å². The molecule has 0 aromatic heterocycles. The summed E-state index contributed by atoms with van der Waals surface area (Å²) in [6.07, 6.45) is -4.37. The van der Waals surface area contributed by atoms with Crippen molar-refractivity contribution in [1.29, 1.82) is 0 Å². The number of anilines is 1. The first-order valence-corrected chi connectivity index (χ1v) is 7.64. The SMILES string of the molecule is CC(C)(CCC(=O)O)NC(=O)Nc1ccc(C(=O)NCC(F)(F)F)cc1. The number of rotatable bonds is 7. The molecule has 4 N–H and O–H groups in total. The first-order chi connectivity index (χ1) is 11.9. The van der Waals surface area contributed by atoms with Crippen molar-refractivity contribution in [3.63, 3.8) is 0 Å². The number of carboxylic acid groups (broad SMARTS) is 1. The molecular formula is C16H20F3N3O4. The van der Waals surface area contributed by atoms with Crippen LogP contribution >= 0.6 is 0 Å². The van der Waals surface area contributed by atoms with Crippen LogP contribution in [0.4, 0.5) is 23.7 Å². The third kappa shape index (κ3) is 8.36. The van der Waals surface area contributed by atoms with E-state index >= 15 is 0 Å². The largest absolute Gasteiger partial charge is 0.481 e. The van der Waals surface area contributed by atoms with Crippen molar-refractivity contribution in [3.05, 3.63) is 29.8 Å². The van der Waals surface area contributed by atoms with E-state index in [4.69, 9.17) is 5.11 Å². The van der Waals surface area contributed by atoms with Crippen molar-refractivity contribution >= 4 is 23.6 Å². The number of nitrogens with one attached hydrogen (secondary N) is 3. The van der Waals surface area contributed by atoms with Crippen LogP contribution in [-0.4, -0.2) is 41.3 Å². The summed E-state index contributed by atoms with van der Waals surface area (Å²) in [5.41, 5.74) is -0.411. The standard InChI is InChI=1S/C16H20F3N3O4/c1-15(2,8-7-12(23)24)22-14(26)21-11-5-3-10(4-6-11)13(25)20-9-16(17,18)19/h3-6H,7-9H2,1-2H3,(H,20,25)(H,23,24)(H2,21,22,26). The van der Waals surface area contributed by atoms with Crippen LogP contribution in [0, 0.1) is 0 Å². The lowest BCUT2D eigenvalue weighted by molar-refractivity contribution is -0.137. The van der Waals surface area contributed by atoms with Crippen molar-refractivity contribution in [1.82, 2.24) is 10.6 Å². The maximum atomic E-state index is 12.1. The van der Waals surface area contributed by atoms with Crippen LogP contribution in [0.1, 0.15) is 37.0 Å². The number of hydrogen-bond donors (Lipinski definition) is 4. The van der Waals surface area contributed by atoms with E-state index < -0.39 is 36.2 Å². The summed E-state index contributed by atoms with van der Waals surface area (Å²) >= 11 is 0. The molecule has 0 aliphatic heterocycles. The smallest absolute Gasteiger partial charge is 0.405 e. The fourth-order valence-electron chi connectivity index (χ4n) is 1.94. The summed E-state index contributed by atoms with van der Waals surface area (Å²) in [6.45, 7) is 1.91. The summed E-state index contributed by atoms with van der Waals surface area (Å²) in [6, 6.07) is 4.71. The molecule has 0 spiro atoms. The zero-order valence-electron chi connectivity index (χ0n) is 14.2. The average molecular weight is 375 g/mol. The van der Waals surface area contributed by atoms with Crippen molar-refractivity contribution in [2.24, 2.45) is 0 Å². The molecule has 1 rings (SSSR count). The molecule has 0 unspecified atom stereocenters. The minimum atomic E-state index is -4.50. The maximum absolute atomic E-state index is 12.1. The molecule has 0 aliphatic carbocycles. The molecule has 1 aromatic rings. The Balaban J connectivity index is 2.57. The lowest BCUT2D eigenvalue weighted by Crippen LogP contribution is -2.45. The van der Waals surface area contributed by atoms with Gasteiger partial charge in [0.2, 0.25) is 0 Å². The van der Waals surface area contributed by atoms with E-state index in [1.165, 1.54) is 24.3 Å². The number of carboxylic acids is 1. The number of hydrogen-bond acceptors (Lipinski definition) is 3. The van der Waals surface area contributed by atoms with Gasteiger partial charge in [0, 0.05) is 23.2 Å². The van der Waals surface area contributed by atoms with E-state index in [1.54, 1.807) is 19.2 Å². The normalized spacial score (nSPS) is 11.6. The molecule has 10 heteroatoms. The van der Waals surface area contributed by atoms with Crippen LogP contribution in [0.5, 0.6) is 0 Å². The Morgan fingerprint density at radius 2 is 1.65 bits per heavy atom. The Morgan fingerprint density at radius 1 is 1.08 bits per heavy atom. The van der Waals surface area contributed by atoms with Crippen molar-refractivity contribution < 1.29 is 32.7 Å². The lowest BCUT2D eigenvalue weighted by atomic mass is 9.99. The lowest BCUT2D eigenvalue weighted by Gasteiger charge is -2.25. The van der Waals surface area contributed by atoms with Gasteiger partial charge in [0.25, 0.3) is 5.91 Å². The van der Waals surface area contributed by atoms with Gasteiger partial charge in [-0.05, 0) is 44.5 Å². The fourth-order valence-corrected chi connectivity index (χ4v) is 1.94. The van der Waals surface area contributed by atoms with Crippen molar-refractivity contribution in [3.8, 4) is 0 Å². The third-order valence-corrected chi connectivity index (χ3v) is 3.27. The highest BCUT2D eigenvalue weighted by Crippen LogP contribution is 2.15. The van der Waals surface area contributed by atoms with Crippen molar-refractivity contribution in [2.75, 3.05) is 11.9 Å². The zero-order chi connectivity index (χ0) is 20.0. The second-order valence-electron chi connectivity index (χ2n) is 6.23. The van der Waals surface area contributed by atoms with Crippen LogP contribution in [0.3, 0.4) is 0 Å². The Bertz CT molecular complexity index is 658. The van der Waals surface area contributed by atoms with Gasteiger partial charge in [0.1, 0.15) is 6.54 Å². The second-order valence-corrected chi connectivity index (χ2v) is 6.23. The van der Waals surface area contributed by atoms with Gasteiger partial charge in [-0.15, -0.1) is 0 Å². The third-order valence-electron chi connectivity index (χ3n) is 3.27. The minimum absolute atomic E-state index is 0.0157. The molecule has 0 radical (unpaired) electrons. The Kier molecular flexibility index (Phi) is 6.99. The van der Waals surface area contributed by atoms with Crippen LogP contribution in [0.15, 0.2) is 24.3 Å². The summed E-state index contributed by atoms with van der Waals surface area (Å²) in [7, 11) is 0. The molecule has 26 heavy (non-hydrogen) atoms. The first kappa shape index (κ1) is 21.3. The van der Waals surface area contributed by atoms with Crippen LogP contribution in [-0.2, 0) is 4.79 Å². The molecule has 1 aromatic carbocycles. The van der Waals surface area contributed by atoms with E-state index in [-0.39, 0.29) is 18.4 Å². The predicted molar refractivity (Wildman–Crippen MR) is 87.9 cm³/mol. The van der Waals surface area contributed by atoms with Gasteiger partial charge in [-0.3, -0.25) is 9.59 Å². The average Bonchev–Trinajstić information content (AvgIpc) is 2.50. The van der Waals surface area contributed by atoms with Crippen LogP contribution < -0.4 is 16.0 Å². The summed E-state index contributed by atoms with van der Waals surface area (Å²) in [4.78, 5) is 34.1. The molecule has 7 nitrogen and oxygen atoms in total. The van der Waals surface area contributed by atoms with E-state index in [9.17, 15) is 27.6 Å². The molecule has 3 amide bonds. The van der Waals surface area contributed by atoms with Crippen LogP contribution in [0.2, 0.25) is 0 Å². The molecule has 144 valence electrons. The molecule has 0 bridgehead atoms. The molecule has 0 fully saturated rings. The van der Waals surface area contributed by atoms with Gasteiger partial charge >= 0.3 is 18.2 Å². The van der Waals surface area contributed by atoms with Gasteiger partial charge in [-0.25, -0.2) is 4.79 Å². The van der Waals surface area contributed by atoms with Crippen molar-refractivity contribution in [2.45, 2.75) is 38.4 Å². The van der Waals surface area contributed by atoms with Gasteiger partial charge in [-0.1, -0.05) is 0 Å². The first-order valence-electron chi connectivity index (χ1n) is 7.64.